The minimum atomic E-state index is -0.293. The van der Waals surface area contributed by atoms with E-state index in [0.29, 0.717) is 17.9 Å². The molecule has 2 bridgehead atoms. The zero-order chi connectivity index (χ0) is 16.7. The Kier molecular flexibility index (Phi) is 4.25. The SMILES string of the molecule is Cc1ccc(NC(=O)OC2CC3CC2[C@H]2CCCCN2C3)cc1C. The van der Waals surface area contributed by atoms with Gasteiger partial charge < -0.3 is 4.74 Å². The van der Waals surface area contributed by atoms with Crippen LogP contribution in [0.15, 0.2) is 18.2 Å². The fourth-order valence-electron chi connectivity index (χ4n) is 4.99. The summed E-state index contributed by atoms with van der Waals surface area (Å²) in [6.07, 6.45) is 6.00. The zero-order valence-electron chi connectivity index (χ0n) is 14.8. The third kappa shape index (κ3) is 3.04. The second kappa shape index (κ2) is 6.40. The summed E-state index contributed by atoms with van der Waals surface area (Å²) in [5.41, 5.74) is 3.24. The van der Waals surface area contributed by atoms with Crippen LogP contribution in [0.4, 0.5) is 10.5 Å². The van der Waals surface area contributed by atoms with Crippen molar-refractivity contribution in [2.45, 2.75) is 58.1 Å². The molecule has 1 amide bonds. The van der Waals surface area contributed by atoms with Crippen molar-refractivity contribution in [1.82, 2.24) is 4.90 Å². The number of aryl methyl sites for hydroxylation is 2. The van der Waals surface area contributed by atoms with E-state index in [-0.39, 0.29) is 12.2 Å². The molecule has 1 aromatic carbocycles. The van der Waals surface area contributed by atoms with E-state index < -0.39 is 0 Å². The minimum Gasteiger partial charge on any atom is -0.446 e. The molecular weight excluding hydrogens is 300 g/mol. The van der Waals surface area contributed by atoms with Crippen molar-refractivity contribution in [3.05, 3.63) is 29.3 Å². The van der Waals surface area contributed by atoms with E-state index in [9.17, 15) is 4.79 Å². The van der Waals surface area contributed by atoms with Crippen molar-refractivity contribution in [3.63, 3.8) is 0 Å². The largest absolute Gasteiger partial charge is 0.446 e. The van der Waals surface area contributed by atoms with Gasteiger partial charge in [0.1, 0.15) is 6.10 Å². The van der Waals surface area contributed by atoms with Gasteiger partial charge in [-0.3, -0.25) is 10.2 Å². The second-order valence-electron chi connectivity index (χ2n) is 7.93. The Balaban J connectivity index is 1.39. The van der Waals surface area contributed by atoms with E-state index >= 15 is 0 Å². The molecule has 2 aliphatic heterocycles. The fourth-order valence-corrected chi connectivity index (χ4v) is 4.99. The van der Waals surface area contributed by atoms with Gasteiger partial charge in [0, 0.05) is 24.2 Å². The smallest absolute Gasteiger partial charge is 0.411 e. The van der Waals surface area contributed by atoms with E-state index in [0.717, 1.165) is 12.1 Å². The third-order valence-corrected chi connectivity index (χ3v) is 6.31. The first-order valence-electron chi connectivity index (χ1n) is 9.39. The predicted octanol–water partition coefficient (Wildman–Crippen LogP) is 4.11. The third-order valence-electron chi connectivity index (χ3n) is 6.31. The molecule has 1 aliphatic carbocycles. The molecule has 1 aromatic rings. The molecule has 3 fully saturated rings. The Morgan fingerprint density at radius 3 is 2.92 bits per heavy atom. The van der Waals surface area contributed by atoms with E-state index in [1.807, 2.05) is 18.2 Å². The highest BCUT2D eigenvalue weighted by Gasteiger charge is 2.48. The van der Waals surface area contributed by atoms with Crippen LogP contribution in [0.25, 0.3) is 0 Å². The van der Waals surface area contributed by atoms with E-state index in [1.54, 1.807) is 0 Å². The number of hydrogen-bond donors (Lipinski definition) is 1. The van der Waals surface area contributed by atoms with Crippen LogP contribution in [-0.2, 0) is 4.74 Å². The van der Waals surface area contributed by atoms with Crippen molar-refractivity contribution in [2.24, 2.45) is 11.8 Å². The van der Waals surface area contributed by atoms with Gasteiger partial charge in [0.15, 0.2) is 0 Å². The lowest BCUT2D eigenvalue weighted by Crippen LogP contribution is -2.49. The molecule has 1 saturated carbocycles. The molecule has 24 heavy (non-hydrogen) atoms. The van der Waals surface area contributed by atoms with Crippen LogP contribution in [0.3, 0.4) is 0 Å². The van der Waals surface area contributed by atoms with Crippen LogP contribution in [-0.4, -0.2) is 36.2 Å². The Hall–Kier alpha value is -1.55. The summed E-state index contributed by atoms with van der Waals surface area (Å²) in [6.45, 7) is 6.58. The molecule has 2 heterocycles. The lowest BCUT2D eigenvalue weighted by Gasteiger charge is -2.43. The topological polar surface area (TPSA) is 41.6 Å². The van der Waals surface area contributed by atoms with Gasteiger partial charge in [-0.05, 0) is 75.3 Å². The monoisotopic (exact) mass is 328 g/mol. The van der Waals surface area contributed by atoms with Crippen LogP contribution in [0.5, 0.6) is 0 Å². The summed E-state index contributed by atoms with van der Waals surface area (Å²) in [5.74, 6) is 1.25. The number of fused-ring (bicyclic) bond motifs is 4. The Bertz CT molecular complexity index is 630. The van der Waals surface area contributed by atoms with Gasteiger partial charge in [-0.1, -0.05) is 12.5 Å². The first-order chi connectivity index (χ1) is 11.6. The number of benzene rings is 1. The number of ether oxygens (including phenoxy) is 1. The standard InChI is InChI=1S/C20H28N2O2/c1-13-6-7-16(9-14(13)2)21-20(23)24-19-11-15-10-17(19)18-5-3-4-8-22(18)12-15/h6-7,9,15,17-19H,3-5,8,10-12H2,1-2H3,(H,21,23)/t15?,17?,18-,19?/m1/s1. The van der Waals surface area contributed by atoms with Gasteiger partial charge in [-0.25, -0.2) is 4.79 Å². The quantitative estimate of drug-likeness (QED) is 0.888. The molecule has 0 aromatic heterocycles. The Morgan fingerprint density at radius 1 is 1.21 bits per heavy atom. The summed E-state index contributed by atoms with van der Waals surface area (Å²) in [4.78, 5) is 15.0. The lowest BCUT2D eigenvalue weighted by atomic mass is 9.84. The lowest BCUT2D eigenvalue weighted by molar-refractivity contribution is 0.0181. The van der Waals surface area contributed by atoms with Gasteiger partial charge in [0.05, 0.1) is 0 Å². The molecule has 130 valence electrons. The van der Waals surface area contributed by atoms with Crippen molar-refractivity contribution >= 4 is 11.8 Å². The van der Waals surface area contributed by atoms with Crippen LogP contribution in [0, 0.1) is 25.7 Å². The van der Waals surface area contributed by atoms with Gasteiger partial charge in [0.2, 0.25) is 0 Å². The maximum Gasteiger partial charge on any atom is 0.411 e. The molecular formula is C20H28N2O2. The molecule has 0 radical (unpaired) electrons. The highest BCUT2D eigenvalue weighted by atomic mass is 16.6. The van der Waals surface area contributed by atoms with Crippen LogP contribution < -0.4 is 5.32 Å². The summed E-state index contributed by atoms with van der Waals surface area (Å²) in [5, 5.41) is 2.91. The molecule has 4 nitrogen and oxygen atoms in total. The normalized spacial score (nSPS) is 32.2. The number of amides is 1. The molecule has 2 saturated heterocycles. The Morgan fingerprint density at radius 2 is 2.08 bits per heavy atom. The molecule has 1 N–H and O–H groups in total. The zero-order valence-corrected chi connectivity index (χ0v) is 14.8. The molecule has 0 spiro atoms. The summed E-state index contributed by atoms with van der Waals surface area (Å²) >= 11 is 0. The predicted molar refractivity (Wildman–Crippen MR) is 95.2 cm³/mol. The van der Waals surface area contributed by atoms with Gasteiger partial charge in [0.25, 0.3) is 0 Å². The highest BCUT2D eigenvalue weighted by Crippen LogP contribution is 2.45. The van der Waals surface area contributed by atoms with Gasteiger partial charge in [-0.2, -0.15) is 0 Å². The van der Waals surface area contributed by atoms with Crippen molar-refractivity contribution in [1.29, 1.82) is 0 Å². The van der Waals surface area contributed by atoms with E-state index in [2.05, 4.69) is 24.1 Å². The highest BCUT2D eigenvalue weighted by molar-refractivity contribution is 5.84. The summed E-state index contributed by atoms with van der Waals surface area (Å²) in [6, 6.07) is 6.62. The average Bonchev–Trinajstić information content (AvgIpc) is 2.88. The number of carbonyl (C=O) groups is 1. The molecule has 3 unspecified atom stereocenters. The fraction of sp³-hybridized carbons (Fsp3) is 0.650. The first-order valence-corrected chi connectivity index (χ1v) is 9.39. The Labute approximate surface area is 144 Å². The number of hydrogen-bond acceptors (Lipinski definition) is 3. The maximum absolute atomic E-state index is 12.4. The summed E-state index contributed by atoms with van der Waals surface area (Å²) < 4.78 is 5.87. The van der Waals surface area contributed by atoms with E-state index in [1.165, 1.54) is 49.9 Å². The first kappa shape index (κ1) is 15.9. The number of nitrogens with zero attached hydrogens (tertiary/aromatic N) is 1. The summed E-state index contributed by atoms with van der Waals surface area (Å²) in [7, 11) is 0. The van der Waals surface area contributed by atoms with Gasteiger partial charge >= 0.3 is 6.09 Å². The molecule has 4 atom stereocenters. The minimum absolute atomic E-state index is 0.0923. The number of anilines is 1. The number of rotatable bonds is 2. The number of piperidine rings is 2. The van der Waals surface area contributed by atoms with Crippen molar-refractivity contribution in [2.75, 3.05) is 18.4 Å². The molecule has 4 rings (SSSR count). The number of carbonyl (C=O) groups excluding carboxylic acids is 1. The van der Waals surface area contributed by atoms with Crippen LogP contribution in [0.1, 0.15) is 43.2 Å². The van der Waals surface area contributed by atoms with Crippen LogP contribution >= 0.6 is 0 Å². The van der Waals surface area contributed by atoms with Gasteiger partial charge in [-0.15, -0.1) is 0 Å². The second-order valence-corrected chi connectivity index (χ2v) is 7.93. The molecule has 4 heteroatoms. The van der Waals surface area contributed by atoms with Crippen molar-refractivity contribution < 1.29 is 9.53 Å². The van der Waals surface area contributed by atoms with Crippen molar-refractivity contribution in [3.8, 4) is 0 Å². The average molecular weight is 328 g/mol. The maximum atomic E-state index is 12.4. The molecule has 3 aliphatic rings. The van der Waals surface area contributed by atoms with E-state index in [4.69, 9.17) is 4.74 Å². The number of nitrogens with one attached hydrogen (secondary N) is 1. The van der Waals surface area contributed by atoms with Crippen LogP contribution in [0.2, 0.25) is 0 Å².